The molecule has 0 spiro atoms. The van der Waals surface area contributed by atoms with Crippen LogP contribution in [0.15, 0.2) is 18.3 Å². The van der Waals surface area contributed by atoms with Crippen LogP contribution in [-0.2, 0) is 6.54 Å². The number of aromatic nitrogens is 3. The minimum absolute atomic E-state index is 0.259. The minimum Gasteiger partial charge on any atom is -0.369 e. The van der Waals surface area contributed by atoms with Crippen molar-refractivity contribution >= 4 is 28.3 Å². The van der Waals surface area contributed by atoms with Crippen molar-refractivity contribution in [3.63, 3.8) is 0 Å². The molecular formula is C13H13FN4S. The van der Waals surface area contributed by atoms with Gasteiger partial charge in [0.05, 0.1) is 22.6 Å². The summed E-state index contributed by atoms with van der Waals surface area (Å²) in [6.45, 7) is 4.31. The smallest absolute Gasteiger partial charge is 0.201 e. The van der Waals surface area contributed by atoms with Crippen molar-refractivity contribution in [1.82, 2.24) is 14.5 Å². The predicted molar refractivity (Wildman–Crippen MR) is 74.8 cm³/mol. The molecular weight excluding hydrogens is 263 g/mol. The first-order chi connectivity index (χ1) is 9.04. The number of thiazole rings is 1. The number of halogens is 1. The van der Waals surface area contributed by atoms with Crippen LogP contribution in [0.5, 0.6) is 0 Å². The van der Waals surface area contributed by atoms with E-state index in [1.165, 1.54) is 6.07 Å². The van der Waals surface area contributed by atoms with E-state index in [-0.39, 0.29) is 5.82 Å². The lowest BCUT2D eigenvalue weighted by atomic mass is 10.2. The van der Waals surface area contributed by atoms with Gasteiger partial charge in [0, 0.05) is 17.1 Å². The molecule has 3 aromatic rings. The standard InChI is InChI=1S/C13H13FN4S/c1-7-3-12-11(4-10(7)14)17-13(15)18(12)6-9-5-16-8(2)19-9/h3-5H,6H2,1-2H3,(H2,15,17). The molecule has 0 aliphatic carbocycles. The summed E-state index contributed by atoms with van der Waals surface area (Å²) in [5, 5.41) is 1.01. The zero-order valence-corrected chi connectivity index (χ0v) is 11.5. The van der Waals surface area contributed by atoms with Gasteiger partial charge in [0.1, 0.15) is 5.82 Å². The quantitative estimate of drug-likeness (QED) is 0.783. The van der Waals surface area contributed by atoms with Crippen molar-refractivity contribution in [2.75, 3.05) is 5.73 Å². The molecule has 2 N–H and O–H groups in total. The number of aryl methyl sites for hydroxylation is 2. The molecule has 4 nitrogen and oxygen atoms in total. The normalized spacial score (nSPS) is 11.3. The maximum atomic E-state index is 13.5. The molecule has 0 saturated heterocycles. The highest BCUT2D eigenvalue weighted by Crippen LogP contribution is 2.24. The van der Waals surface area contributed by atoms with Crippen molar-refractivity contribution in [1.29, 1.82) is 0 Å². The Balaban J connectivity index is 2.12. The number of benzene rings is 1. The van der Waals surface area contributed by atoms with E-state index in [9.17, 15) is 4.39 Å². The van der Waals surface area contributed by atoms with E-state index < -0.39 is 0 Å². The van der Waals surface area contributed by atoms with Crippen molar-refractivity contribution < 1.29 is 4.39 Å². The molecule has 0 atom stereocenters. The van der Waals surface area contributed by atoms with E-state index in [1.807, 2.05) is 17.7 Å². The van der Waals surface area contributed by atoms with Crippen LogP contribution in [0.25, 0.3) is 11.0 Å². The average Bonchev–Trinajstić information content (AvgIpc) is 2.87. The first kappa shape index (κ1) is 12.1. The van der Waals surface area contributed by atoms with Crippen molar-refractivity contribution in [3.05, 3.63) is 39.6 Å². The van der Waals surface area contributed by atoms with Gasteiger partial charge in [-0.3, -0.25) is 0 Å². The van der Waals surface area contributed by atoms with Crippen molar-refractivity contribution in [2.24, 2.45) is 0 Å². The fraction of sp³-hybridized carbons (Fsp3) is 0.231. The molecule has 0 aliphatic heterocycles. The minimum atomic E-state index is -0.259. The Bertz CT molecular complexity index is 759. The molecule has 2 heterocycles. The number of nitrogen functional groups attached to an aromatic ring is 1. The second kappa shape index (κ2) is 4.31. The van der Waals surface area contributed by atoms with E-state index in [4.69, 9.17) is 5.73 Å². The lowest BCUT2D eigenvalue weighted by molar-refractivity contribution is 0.620. The largest absolute Gasteiger partial charge is 0.369 e. The molecule has 6 heteroatoms. The van der Waals surface area contributed by atoms with Gasteiger partial charge < -0.3 is 10.3 Å². The molecule has 1 aromatic carbocycles. The molecule has 0 bridgehead atoms. The van der Waals surface area contributed by atoms with Gasteiger partial charge in [0.15, 0.2) is 0 Å². The molecule has 19 heavy (non-hydrogen) atoms. The van der Waals surface area contributed by atoms with E-state index in [0.29, 0.717) is 23.6 Å². The fourth-order valence-electron chi connectivity index (χ4n) is 2.07. The second-order valence-electron chi connectivity index (χ2n) is 4.49. The summed E-state index contributed by atoms with van der Waals surface area (Å²) in [6, 6.07) is 3.21. The van der Waals surface area contributed by atoms with Crippen LogP contribution in [0.4, 0.5) is 10.3 Å². The van der Waals surface area contributed by atoms with Crippen molar-refractivity contribution in [2.45, 2.75) is 20.4 Å². The van der Waals surface area contributed by atoms with E-state index >= 15 is 0 Å². The highest BCUT2D eigenvalue weighted by Gasteiger charge is 2.12. The number of hydrogen-bond donors (Lipinski definition) is 1. The molecule has 3 rings (SSSR count). The zero-order chi connectivity index (χ0) is 13.6. The third-order valence-electron chi connectivity index (χ3n) is 3.04. The van der Waals surface area contributed by atoms with Gasteiger partial charge >= 0.3 is 0 Å². The van der Waals surface area contributed by atoms with Crippen LogP contribution in [0, 0.1) is 19.7 Å². The third-order valence-corrected chi connectivity index (χ3v) is 3.94. The molecule has 2 aromatic heterocycles. The summed E-state index contributed by atoms with van der Waals surface area (Å²) in [4.78, 5) is 9.53. The molecule has 0 aliphatic rings. The number of rotatable bonds is 2. The van der Waals surface area contributed by atoms with Crippen LogP contribution in [0.1, 0.15) is 15.4 Å². The van der Waals surface area contributed by atoms with E-state index in [1.54, 1.807) is 24.3 Å². The number of hydrogen-bond acceptors (Lipinski definition) is 4. The Kier molecular flexibility index (Phi) is 2.74. The SMILES string of the molecule is Cc1ncc(Cn2c(N)nc3cc(F)c(C)cc32)s1. The maximum absolute atomic E-state index is 13.5. The summed E-state index contributed by atoms with van der Waals surface area (Å²) in [6.07, 6.45) is 1.83. The number of anilines is 1. The van der Waals surface area contributed by atoms with Gasteiger partial charge in [-0.25, -0.2) is 14.4 Å². The fourth-order valence-corrected chi connectivity index (χ4v) is 2.85. The topological polar surface area (TPSA) is 56.7 Å². The molecule has 0 fully saturated rings. The van der Waals surface area contributed by atoms with Crippen molar-refractivity contribution in [3.8, 4) is 0 Å². The predicted octanol–water partition coefficient (Wildman–Crippen LogP) is 2.88. The van der Waals surface area contributed by atoms with Gasteiger partial charge in [-0.05, 0) is 25.5 Å². The summed E-state index contributed by atoms with van der Waals surface area (Å²) in [5.41, 5.74) is 7.95. The Labute approximate surface area is 113 Å². The number of imidazole rings is 1. The monoisotopic (exact) mass is 276 g/mol. The summed E-state index contributed by atoms with van der Waals surface area (Å²) < 4.78 is 15.4. The number of nitrogens with two attached hydrogens (primary N) is 1. The van der Waals surface area contributed by atoms with Gasteiger partial charge in [0.25, 0.3) is 0 Å². The highest BCUT2D eigenvalue weighted by atomic mass is 32.1. The van der Waals surface area contributed by atoms with Crippen LogP contribution in [0.3, 0.4) is 0 Å². The lowest BCUT2D eigenvalue weighted by Crippen LogP contribution is -2.03. The molecule has 0 amide bonds. The third kappa shape index (κ3) is 2.08. The number of nitrogens with zero attached hydrogens (tertiary/aromatic N) is 3. The van der Waals surface area contributed by atoms with Crippen LogP contribution in [-0.4, -0.2) is 14.5 Å². The van der Waals surface area contributed by atoms with Crippen LogP contribution in [0.2, 0.25) is 0 Å². The Morgan fingerprint density at radius 3 is 2.84 bits per heavy atom. The molecule has 98 valence electrons. The van der Waals surface area contributed by atoms with Gasteiger partial charge in [-0.15, -0.1) is 11.3 Å². The first-order valence-corrected chi connectivity index (χ1v) is 6.69. The molecule has 0 unspecified atom stereocenters. The average molecular weight is 276 g/mol. The number of fused-ring (bicyclic) bond motifs is 1. The molecule has 0 radical (unpaired) electrons. The summed E-state index contributed by atoms with van der Waals surface area (Å²) in [5.74, 6) is 0.136. The molecule has 0 saturated carbocycles. The Morgan fingerprint density at radius 1 is 1.37 bits per heavy atom. The Morgan fingerprint density at radius 2 is 2.16 bits per heavy atom. The maximum Gasteiger partial charge on any atom is 0.201 e. The summed E-state index contributed by atoms with van der Waals surface area (Å²) >= 11 is 1.62. The van der Waals surface area contributed by atoms with Gasteiger partial charge in [-0.2, -0.15) is 0 Å². The van der Waals surface area contributed by atoms with Crippen LogP contribution >= 0.6 is 11.3 Å². The second-order valence-corrected chi connectivity index (χ2v) is 5.81. The van der Waals surface area contributed by atoms with Crippen LogP contribution < -0.4 is 5.73 Å². The first-order valence-electron chi connectivity index (χ1n) is 5.88. The lowest BCUT2D eigenvalue weighted by Gasteiger charge is -2.05. The Hall–Kier alpha value is -1.95. The van der Waals surface area contributed by atoms with E-state index in [2.05, 4.69) is 9.97 Å². The van der Waals surface area contributed by atoms with Gasteiger partial charge in [-0.1, -0.05) is 0 Å². The highest BCUT2D eigenvalue weighted by molar-refractivity contribution is 7.11. The van der Waals surface area contributed by atoms with Gasteiger partial charge in [0.2, 0.25) is 5.95 Å². The summed E-state index contributed by atoms with van der Waals surface area (Å²) in [7, 11) is 0. The zero-order valence-electron chi connectivity index (χ0n) is 10.6. The van der Waals surface area contributed by atoms with E-state index in [0.717, 1.165) is 15.4 Å².